The van der Waals surface area contributed by atoms with E-state index in [0.717, 1.165) is 36.6 Å². The van der Waals surface area contributed by atoms with Gasteiger partial charge in [0.2, 0.25) is 5.91 Å². The molecule has 1 aliphatic rings. The summed E-state index contributed by atoms with van der Waals surface area (Å²) in [6.07, 6.45) is 0. The molecule has 1 amide bonds. The molecule has 3 aromatic rings. The van der Waals surface area contributed by atoms with Crippen LogP contribution >= 0.6 is 0 Å². The van der Waals surface area contributed by atoms with Crippen LogP contribution in [0.2, 0.25) is 0 Å². The van der Waals surface area contributed by atoms with Crippen LogP contribution in [0.15, 0.2) is 78.9 Å². The number of nitriles is 1. The number of benzene rings is 3. The maximum atomic E-state index is 13.3. The zero-order valence-electron chi connectivity index (χ0n) is 18.8. The van der Waals surface area contributed by atoms with E-state index >= 15 is 0 Å². The van der Waals surface area contributed by atoms with Gasteiger partial charge in [0.05, 0.1) is 18.7 Å². The van der Waals surface area contributed by atoms with Crippen molar-refractivity contribution in [3.05, 3.63) is 95.6 Å². The van der Waals surface area contributed by atoms with Gasteiger partial charge in [-0.25, -0.2) is 0 Å². The summed E-state index contributed by atoms with van der Waals surface area (Å²) in [6, 6.07) is 27.3. The maximum absolute atomic E-state index is 13.3. The molecule has 1 fully saturated rings. The van der Waals surface area contributed by atoms with E-state index in [1.54, 1.807) is 19.2 Å². The molecule has 1 N–H and O–H groups in total. The van der Waals surface area contributed by atoms with Gasteiger partial charge in [0.25, 0.3) is 0 Å². The number of anilines is 1. The highest BCUT2D eigenvalue weighted by molar-refractivity contribution is 5.86. The Balaban J connectivity index is 1.49. The fourth-order valence-electron chi connectivity index (χ4n) is 4.14. The molecule has 33 heavy (non-hydrogen) atoms. The highest BCUT2D eigenvalue weighted by Crippen LogP contribution is 2.24. The third-order valence-corrected chi connectivity index (χ3v) is 5.97. The predicted octanol–water partition coefficient (Wildman–Crippen LogP) is 3.57. The number of hydrogen-bond acceptors (Lipinski definition) is 5. The summed E-state index contributed by atoms with van der Waals surface area (Å²) in [6.45, 7) is 3.52. The van der Waals surface area contributed by atoms with Gasteiger partial charge in [0.15, 0.2) is 0 Å². The molecule has 3 aromatic carbocycles. The van der Waals surface area contributed by atoms with E-state index in [9.17, 15) is 4.79 Å². The molecule has 0 unspecified atom stereocenters. The number of carbonyl (C=O) groups excluding carboxylic acids is 1. The number of ether oxygens (including phenoxy) is 1. The van der Waals surface area contributed by atoms with E-state index in [-0.39, 0.29) is 11.9 Å². The molecule has 6 nitrogen and oxygen atoms in total. The molecule has 0 spiro atoms. The smallest absolute Gasteiger partial charge is 0.244 e. The largest absolute Gasteiger partial charge is 0.497 e. The Morgan fingerprint density at radius 3 is 2.39 bits per heavy atom. The van der Waals surface area contributed by atoms with E-state index in [2.05, 4.69) is 33.3 Å². The average molecular weight is 441 g/mol. The molecule has 0 aliphatic carbocycles. The molecular formula is C27H28N4O2. The lowest BCUT2D eigenvalue weighted by Crippen LogP contribution is -2.59. The van der Waals surface area contributed by atoms with Crippen LogP contribution < -0.4 is 15.0 Å². The van der Waals surface area contributed by atoms with Gasteiger partial charge in [-0.05, 0) is 47.5 Å². The first-order chi connectivity index (χ1) is 16.2. The summed E-state index contributed by atoms with van der Waals surface area (Å²) < 4.78 is 5.29. The molecule has 1 aliphatic heterocycles. The molecule has 1 atom stereocenters. The minimum absolute atomic E-state index is 0.00654. The molecular weight excluding hydrogens is 412 g/mol. The Morgan fingerprint density at radius 1 is 1.00 bits per heavy atom. The maximum Gasteiger partial charge on any atom is 0.244 e. The Bertz CT molecular complexity index is 1090. The number of nitrogens with one attached hydrogen (secondary N) is 1. The van der Waals surface area contributed by atoms with Crippen molar-refractivity contribution < 1.29 is 9.53 Å². The molecule has 4 rings (SSSR count). The summed E-state index contributed by atoms with van der Waals surface area (Å²) in [7, 11) is 1.65. The zero-order valence-corrected chi connectivity index (χ0v) is 18.8. The first kappa shape index (κ1) is 22.4. The molecule has 0 radical (unpaired) electrons. The second-order valence-corrected chi connectivity index (χ2v) is 8.15. The quantitative estimate of drug-likeness (QED) is 0.608. The van der Waals surface area contributed by atoms with E-state index in [0.29, 0.717) is 18.7 Å². The van der Waals surface area contributed by atoms with Crippen molar-refractivity contribution in [1.82, 2.24) is 10.2 Å². The highest BCUT2D eigenvalue weighted by Gasteiger charge is 2.32. The standard InChI is InChI=1S/C27H28N4O2/c1-33-25-13-11-24(12-14-25)31-16-15-30(19-23-5-3-2-4-6-23)20-26(31)27(32)29-18-22-9-7-21(17-28)8-10-22/h2-14,26H,15-16,18-20H2,1H3,(H,29,32)/t26-/m1/s1. The fourth-order valence-corrected chi connectivity index (χ4v) is 4.14. The van der Waals surface area contributed by atoms with Crippen LogP contribution in [0.1, 0.15) is 16.7 Å². The van der Waals surface area contributed by atoms with Crippen LogP contribution in [0, 0.1) is 11.3 Å². The van der Waals surface area contributed by atoms with Gasteiger partial charge in [0, 0.05) is 38.4 Å². The van der Waals surface area contributed by atoms with E-state index in [1.165, 1.54) is 5.56 Å². The minimum atomic E-state index is -0.311. The molecule has 0 bridgehead atoms. The summed E-state index contributed by atoms with van der Waals surface area (Å²) >= 11 is 0. The first-order valence-electron chi connectivity index (χ1n) is 11.1. The number of rotatable bonds is 7. The van der Waals surface area contributed by atoms with Crippen molar-refractivity contribution in [2.75, 3.05) is 31.6 Å². The lowest BCUT2D eigenvalue weighted by atomic mass is 10.1. The SMILES string of the molecule is COc1ccc(N2CCN(Cc3ccccc3)C[C@@H]2C(=O)NCc2ccc(C#N)cc2)cc1. The number of nitrogens with zero attached hydrogens (tertiary/aromatic N) is 3. The molecule has 6 heteroatoms. The topological polar surface area (TPSA) is 68.6 Å². The van der Waals surface area contributed by atoms with Crippen LogP contribution in [0.25, 0.3) is 0 Å². The number of methoxy groups -OCH3 is 1. The molecule has 168 valence electrons. The summed E-state index contributed by atoms with van der Waals surface area (Å²) in [5.74, 6) is 0.788. The fraction of sp³-hybridized carbons (Fsp3) is 0.259. The average Bonchev–Trinajstić information content (AvgIpc) is 2.88. The van der Waals surface area contributed by atoms with Gasteiger partial charge in [-0.1, -0.05) is 42.5 Å². The Kier molecular flexibility index (Phi) is 7.23. The summed E-state index contributed by atoms with van der Waals surface area (Å²) in [5, 5.41) is 12.1. The zero-order chi connectivity index (χ0) is 23.0. The monoisotopic (exact) mass is 440 g/mol. The van der Waals surface area contributed by atoms with Crippen molar-refractivity contribution in [2.24, 2.45) is 0 Å². The minimum Gasteiger partial charge on any atom is -0.497 e. The molecule has 0 aromatic heterocycles. The Morgan fingerprint density at radius 2 is 1.73 bits per heavy atom. The van der Waals surface area contributed by atoms with Crippen LogP contribution in [0.4, 0.5) is 5.69 Å². The second kappa shape index (κ2) is 10.7. The van der Waals surface area contributed by atoms with Crippen LogP contribution in [0.3, 0.4) is 0 Å². The third-order valence-electron chi connectivity index (χ3n) is 5.97. The van der Waals surface area contributed by atoms with Gasteiger partial charge in [-0.15, -0.1) is 0 Å². The van der Waals surface area contributed by atoms with Gasteiger partial charge in [-0.2, -0.15) is 5.26 Å². The van der Waals surface area contributed by atoms with Crippen LogP contribution in [-0.4, -0.2) is 43.6 Å². The van der Waals surface area contributed by atoms with Crippen molar-refractivity contribution in [3.8, 4) is 11.8 Å². The van der Waals surface area contributed by atoms with Gasteiger partial charge < -0.3 is 15.0 Å². The van der Waals surface area contributed by atoms with Crippen molar-refractivity contribution >= 4 is 11.6 Å². The third kappa shape index (κ3) is 5.71. The predicted molar refractivity (Wildman–Crippen MR) is 129 cm³/mol. The lowest BCUT2D eigenvalue weighted by Gasteiger charge is -2.42. The molecule has 0 saturated carbocycles. The van der Waals surface area contributed by atoms with E-state index in [4.69, 9.17) is 10.00 Å². The number of hydrogen-bond donors (Lipinski definition) is 1. The summed E-state index contributed by atoms with van der Waals surface area (Å²) in [5.41, 5.74) is 3.83. The molecule has 1 saturated heterocycles. The Hall–Kier alpha value is -3.82. The lowest BCUT2D eigenvalue weighted by molar-refractivity contribution is -0.123. The van der Waals surface area contributed by atoms with Crippen molar-refractivity contribution in [1.29, 1.82) is 5.26 Å². The normalized spacial score (nSPS) is 16.1. The number of amides is 1. The van der Waals surface area contributed by atoms with Crippen LogP contribution in [0.5, 0.6) is 5.75 Å². The van der Waals surface area contributed by atoms with Gasteiger partial charge >= 0.3 is 0 Å². The van der Waals surface area contributed by atoms with Crippen molar-refractivity contribution in [2.45, 2.75) is 19.1 Å². The second-order valence-electron chi connectivity index (χ2n) is 8.15. The Labute approximate surface area is 195 Å². The van der Waals surface area contributed by atoms with Crippen molar-refractivity contribution in [3.63, 3.8) is 0 Å². The summed E-state index contributed by atoms with van der Waals surface area (Å²) in [4.78, 5) is 17.9. The molecule has 1 heterocycles. The van der Waals surface area contributed by atoms with Gasteiger partial charge in [0.1, 0.15) is 11.8 Å². The van der Waals surface area contributed by atoms with E-state index in [1.807, 2.05) is 54.6 Å². The number of piperazine rings is 1. The van der Waals surface area contributed by atoms with Gasteiger partial charge in [-0.3, -0.25) is 9.69 Å². The van der Waals surface area contributed by atoms with Crippen LogP contribution in [-0.2, 0) is 17.9 Å². The van der Waals surface area contributed by atoms with E-state index < -0.39 is 0 Å². The highest BCUT2D eigenvalue weighted by atomic mass is 16.5. The number of carbonyl (C=O) groups is 1. The first-order valence-corrected chi connectivity index (χ1v) is 11.1.